The normalized spacial score (nSPS) is 19.1. The number of benzene rings is 1. The minimum absolute atomic E-state index is 0.103. The third-order valence-corrected chi connectivity index (χ3v) is 9.06. The zero-order valence-corrected chi connectivity index (χ0v) is 21.8. The van der Waals surface area contributed by atoms with E-state index in [0.717, 1.165) is 27.9 Å². The Morgan fingerprint density at radius 2 is 1.91 bits per heavy atom. The maximum atomic E-state index is 13.1. The predicted molar refractivity (Wildman–Crippen MR) is 143 cm³/mol. The Bertz CT molecular complexity index is 1360. The van der Waals surface area contributed by atoms with Crippen LogP contribution in [0.1, 0.15) is 13.8 Å². The number of ether oxygens (including phenoxy) is 1. The molecule has 3 heterocycles. The van der Waals surface area contributed by atoms with Crippen molar-refractivity contribution in [2.24, 2.45) is 0 Å². The lowest BCUT2D eigenvalue weighted by Gasteiger charge is -2.18. The minimum atomic E-state index is -0.175. The fraction of sp³-hybridized carbons (Fsp3) is 0.261. The topological polar surface area (TPSA) is 54.8 Å². The van der Waals surface area contributed by atoms with Gasteiger partial charge < -0.3 is 9.64 Å². The van der Waals surface area contributed by atoms with Crippen molar-refractivity contribution in [3.8, 4) is 5.75 Å². The number of rotatable bonds is 6. The van der Waals surface area contributed by atoms with Crippen molar-refractivity contribution in [3.05, 3.63) is 61.5 Å². The Hall–Kier alpha value is -2.27. The average molecular weight is 518 g/mol. The quantitative estimate of drug-likeness (QED) is 0.430. The van der Waals surface area contributed by atoms with E-state index >= 15 is 0 Å². The maximum Gasteiger partial charge on any atom is 0.269 e. The van der Waals surface area contributed by atoms with Gasteiger partial charge in [-0.25, -0.2) is 0 Å². The first-order valence-electron chi connectivity index (χ1n) is 10.4. The summed E-state index contributed by atoms with van der Waals surface area (Å²) in [6.45, 7) is 9.31. The van der Waals surface area contributed by atoms with Crippen molar-refractivity contribution in [2.45, 2.75) is 25.3 Å². The summed E-state index contributed by atoms with van der Waals surface area (Å²) < 4.78 is 8.74. The van der Waals surface area contributed by atoms with Crippen LogP contribution in [0.4, 0.5) is 5.69 Å². The lowest BCUT2D eigenvalue weighted by molar-refractivity contribution is -0.120. The number of thioether (sulfide) groups is 2. The Morgan fingerprint density at radius 3 is 2.58 bits per heavy atom. The molecule has 1 saturated heterocycles. The monoisotopic (exact) mass is 517 g/mol. The number of hydrogen-bond acceptors (Lipinski definition) is 8. The molecule has 0 radical (unpaired) electrons. The van der Waals surface area contributed by atoms with Gasteiger partial charge in [0.05, 0.1) is 22.4 Å². The highest BCUT2D eigenvalue weighted by Gasteiger charge is 2.33. The number of amides is 1. The highest BCUT2D eigenvalue weighted by molar-refractivity contribution is 8.30. The molecule has 0 N–H and O–H groups in total. The second kappa shape index (κ2) is 9.92. The zero-order chi connectivity index (χ0) is 23.7. The van der Waals surface area contributed by atoms with E-state index in [2.05, 4.69) is 18.4 Å². The molecule has 33 heavy (non-hydrogen) atoms. The molecule has 172 valence electrons. The van der Waals surface area contributed by atoms with Crippen LogP contribution in [0.15, 0.2) is 51.6 Å². The van der Waals surface area contributed by atoms with E-state index in [1.165, 1.54) is 28.0 Å². The Kier molecular flexibility index (Phi) is 7.18. The van der Waals surface area contributed by atoms with Crippen LogP contribution in [-0.2, 0) is 11.3 Å². The number of anilines is 1. The summed E-state index contributed by atoms with van der Waals surface area (Å²) in [6.07, 6.45) is 5.47. The molecule has 6 nitrogen and oxygen atoms in total. The number of aromatic nitrogens is 1. The van der Waals surface area contributed by atoms with Gasteiger partial charge >= 0.3 is 0 Å². The standard InChI is InChI=1S/C23H23N3O3S4/c1-5-12-26-21(28)19(33-23(26)30)22-25(7-3)20(27)17(32-22)10-11-18-24(6-2)15-13-14(29-4)8-9-16(15)31-18/h5,8-11,13H,1,6-7,12H2,2-4H3/b17-10+,18-11-,22-19-. The van der Waals surface area contributed by atoms with E-state index in [9.17, 15) is 9.59 Å². The number of thiocarbonyl (C=S) groups is 1. The highest BCUT2D eigenvalue weighted by atomic mass is 32.2. The van der Waals surface area contributed by atoms with Gasteiger partial charge in [0.2, 0.25) is 0 Å². The van der Waals surface area contributed by atoms with Crippen molar-refractivity contribution in [3.63, 3.8) is 0 Å². The molecule has 1 aromatic carbocycles. The predicted octanol–water partition coefficient (Wildman–Crippen LogP) is 3.35. The molecule has 10 heteroatoms. The van der Waals surface area contributed by atoms with Gasteiger partial charge in [0.25, 0.3) is 11.5 Å². The largest absolute Gasteiger partial charge is 0.497 e. The first-order valence-corrected chi connectivity index (χ1v) is 13.2. The smallest absolute Gasteiger partial charge is 0.269 e. The van der Waals surface area contributed by atoms with E-state index in [1.54, 1.807) is 29.5 Å². The second-order valence-corrected chi connectivity index (χ2v) is 10.8. The second-order valence-electron chi connectivity index (χ2n) is 7.07. The van der Waals surface area contributed by atoms with Crippen molar-refractivity contribution in [1.29, 1.82) is 0 Å². The molecule has 0 saturated carbocycles. The molecule has 2 aliphatic heterocycles. The number of thiazole rings is 1. The van der Waals surface area contributed by atoms with Crippen LogP contribution in [0.3, 0.4) is 0 Å². The Morgan fingerprint density at radius 1 is 1.12 bits per heavy atom. The van der Waals surface area contributed by atoms with Gasteiger partial charge in [-0.15, -0.1) is 17.9 Å². The maximum absolute atomic E-state index is 13.1. The van der Waals surface area contributed by atoms with Crippen molar-refractivity contribution >= 4 is 74.0 Å². The van der Waals surface area contributed by atoms with Gasteiger partial charge in [0, 0.05) is 30.6 Å². The van der Waals surface area contributed by atoms with Gasteiger partial charge in [-0.1, -0.05) is 41.8 Å². The molecule has 1 fully saturated rings. The van der Waals surface area contributed by atoms with Gasteiger partial charge in [0.15, 0.2) is 0 Å². The van der Waals surface area contributed by atoms with E-state index < -0.39 is 0 Å². The highest BCUT2D eigenvalue weighted by Crippen LogP contribution is 2.47. The van der Waals surface area contributed by atoms with Gasteiger partial charge in [-0.2, -0.15) is 0 Å². The van der Waals surface area contributed by atoms with E-state index in [4.69, 9.17) is 17.0 Å². The number of hydrogen-bond donors (Lipinski definition) is 0. The number of carbonyl (C=O) groups is 1. The molecule has 2 aromatic rings. The van der Waals surface area contributed by atoms with E-state index in [0.29, 0.717) is 31.5 Å². The molecule has 0 bridgehead atoms. The third kappa shape index (κ3) is 4.32. The molecule has 1 aromatic heterocycles. The Balaban J connectivity index is 1.78. The van der Waals surface area contributed by atoms with Crippen LogP contribution < -0.4 is 24.4 Å². The molecule has 2 aliphatic rings. The van der Waals surface area contributed by atoms with Crippen molar-refractivity contribution in [1.82, 2.24) is 9.47 Å². The summed E-state index contributed by atoms with van der Waals surface area (Å²) in [5, 5.41) is 1.04. The van der Waals surface area contributed by atoms with Crippen LogP contribution in [0.2, 0.25) is 0 Å². The van der Waals surface area contributed by atoms with Crippen LogP contribution in [-0.4, -0.2) is 39.9 Å². The number of nitrogens with zero attached hydrogens (tertiary/aromatic N) is 3. The SMILES string of the molecule is C=CCN1C(=O)/C(=c2/s/c(=C/C=C3\Sc4ccc(OC)cc4N3CC)c(=O)n2CC)SC1=S. The summed E-state index contributed by atoms with van der Waals surface area (Å²) in [6, 6.07) is 6.02. The van der Waals surface area contributed by atoms with Crippen molar-refractivity contribution < 1.29 is 9.53 Å². The molecule has 0 aliphatic carbocycles. The molecule has 1 amide bonds. The third-order valence-electron chi connectivity index (χ3n) is 5.21. The molecule has 0 spiro atoms. The number of fused-ring (bicyclic) bond motifs is 1. The minimum Gasteiger partial charge on any atom is -0.497 e. The van der Waals surface area contributed by atoms with Gasteiger partial charge in [-0.05, 0) is 38.1 Å². The lowest BCUT2D eigenvalue weighted by atomic mass is 10.2. The molecular weight excluding hydrogens is 495 g/mol. The molecule has 4 rings (SSSR count). The van der Waals surface area contributed by atoms with E-state index in [-0.39, 0.29) is 11.5 Å². The number of allylic oxidation sites excluding steroid dienone is 1. The van der Waals surface area contributed by atoms with E-state index in [1.807, 2.05) is 37.3 Å². The zero-order valence-electron chi connectivity index (χ0n) is 18.5. The van der Waals surface area contributed by atoms with Gasteiger partial charge in [0.1, 0.15) is 19.6 Å². The van der Waals surface area contributed by atoms with Gasteiger partial charge in [-0.3, -0.25) is 19.1 Å². The molecule has 0 atom stereocenters. The number of methoxy groups -OCH3 is 1. The fourth-order valence-electron chi connectivity index (χ4n) is 3.61. The number of carbonyl (C=O) groups excluding carboxylic acids is 1. The molecular formula is C23H23N3O3S4. The summed E-state index contributed by atoms with van der Waals surface area (Å²) in [7, 11) is 1.66. The van der Waals surface area contributed by atoms with Crippen LogP contribution >= 0.6 is 47.1 Å². The first kappa shape index (κ1) is 23.9. The first-order chi connectivity index (χ1) is 15.9. The van der Waals surface area contributed by atoms with Crippen LogP contribution in [0.5, 0.6) is 5.75 Å². The van der Waals surface area contributed by atoms with Crippen molar-refractivity contribution in [2.75, 3.05) is 25.1 Å². The molecule has 0 unspecified atom stereocenters. The van der Waals surface area contributed by atoms with Crippen LogP contribution in [0, 0.1) is 0 Å². The Labute approximate surface area is 209 Å². The summed E-state index contributed by atoms with van der Waals surface area (Å²) in [5.41, 5.74) is 0.993. The lowest BCUT2D eigenvalue weighted by Crippen LogP contribution is -2.33. The summed E-state index contributed by atoms with van der Waals surface area (Å²) >= 11 is 9.60. The average Bonchev–Trinajstić information content (AvgIpc) is 3.43. The van der Waals surface area contributed by atoms with Crippen LogP contribution in [0.25, 0.3) is 11.0 Å². The summed E-state index contributed by atoms with van der Waals surface area (Å²) in [4.78, 5) is 31.4. The summed E-state index contributed by atoms with van der Waals surface area (Å²) in [5.74, 6) is 0.636. The fourth-order valence-corrected chi connectivity index (χ4v) is 7.26.